The van der Waals surface area contributed by atoms with Crippen LogP contribution in [0.3, 0.4) is 0 Å². The van der Waals surface area contributed by atoms with Crippen molar-refractivity contribution in [1.29, 1.82) is 0 Å². The molecule has 3 nitrogen and oxygen atoms in total. The predicted molar refractivity (Wildman–Crippen MR) is 74.1 cm³/mol. The molecule has 1 heterocycles. The van der Waals surface area contributed by atoms with Gasteiger partial charge in [-0.2, -0.15) is 0 Å². The maximum absolute atomic E-state index is 9.62. The first-order valence-electron chi connectivity index (χ1n) is 5.80. The second-order valence-corrected chi connectivity index (χ2v) is 5.20. The molecule has 2 rings (SSSR count). The van der Waals surface area contributed by atoms with E-state index in [2.05, 4.69) is 21.2 Å². The lowest BCUT2D eigenvalue weighted by Gasteiger charge is -2.29. The van der Waals surface area contributed by atoms with E-state index < -0.39 is 5.54 Å². The smallest absolute Gasteiger partial charge is 0.169 e. The molecular formula is C14H16BrNO2. The van der Waals surface area contributed by atoms with Crippen LogP contribution in [0, 0.1) is 0 Å². The van der Waals surface area contributed by atoms with Crippen molar-refractivity contribution in [1.82, 2.24) is 5.32 Å². The number of hydrogen-bond acceptors (Lipinski definition) is 3. The van der Waals surface area contributed by atoms with Crippen molar-refractivity contribution in [2.24, 2.45) is 0 Å². The molecule has 0 spiro atoms. The number of nitrogens with one attached hydrogen (secondary N) is 1. The van der Waals surface area contributed by atoms with E-state index in [9.17, 15) is 5.11 Å². The molecular weight excluding hydrogens is 294 g/mol. The molecule has 0 bridgehead atoms. The van der Waals surface area contributed by atoms with Gasteiger partial charge in [0, 0.05) is 0 Å². The zero-order valence-electron chi connectivity index (χ0n) is 10.2. The number of benzene rings is 1. The molecule has 0 aliphatic carbocycles. The van der Waals surface area contributed by atoms with Crippen molar-refractivity contribution in [3.63, 3.8) is 0 Å². The molecule has 0 unspecified atom stereocenters. The van der Waals surface area contributed by atoms with E-state index in [1.165, 1.54) is 0 Å². The summed E-state index contributed by atoms with van der Waals surface area (Å²) >= 11 is 3.27. The second-order valence-electron chi connectivity index (χ2n) is 4.42. The number of hydrogen-bond donors (Lipinski definition) is 2. The van der Waals surface area contributed by atoms with Crippen molar-refractivity contribution in [2.75, 3.05) is 6.61 Å². The molecule has 0 aliphatic heterocycles. The van der Waals surface area contributed by atoms with E-state index in [1.807, 2.05) is 49.4 Å². The van der Waals surface area contributed by atoms with Crippen molar-refractivity contribution < 1.29 is 9.52 Å². The van der Waals surface area contributed by atoms with Crippen LogP contribution in [-0.4, -0.2) is 11.7 Å². The minimum Gasteiger partial charge on any atom is -0.453 e. The lowest BCUT2D eigenvalue weighted by Crippen LogP contribution is -2.42. The highest BCUT2D eigenvalue weighted by molar-refractivity contribution is 9.10. The summed E-state index contributed by atoms with van der Waals surface area (Å²) in [6, 6.07) is 13.7. The largest absolute Gasteiger partial charge is 0.453 e. The standard InChI is InChI=1S/C14H16BrNO2/c1-14(10-17,11-5-3-2-4-6-11)16-9-12-7-8-13(15)18-12/h2-8,16-17H,9-10H2,1H3/t14-/m1/s1. The fourth-order valence-electron chi connectivity index (χ4n) is 1.78. The number of aliphatic hydroxyl groups is 1. The van der Waals surface area contributed by atoms with Gasteiger partial charge in [-0.05, 0) is 40.5 Å². The van der Waals surface area contributed by atoms with E-state index in [4.69, 9.17) is 4.42 Å². The molecule has 1 atom stereocenters. The summed E-state index contributed by atoms with van der Waals surface area (Å²) in [5.74, 6) is 0.831. The van der Waals surface area contributed by atoms with Crippen LogP contribution in [0.25, 0.3) is 0 Å². The SMILES string of the molecule is C[C@](CO)(NCc1ccc(Br)o1)c1ccccc1. The van der Waals surface area contributed by atoms with Crippen molar-refractivity contribution in [2.45, 2.75) is 19.0 Å². The minimum atomic E-state index is -0.472. The lowest BCUT2D eigenvalue weighted by atomic mass is 9.93. The number of rotatable bonds is 5. The molecule has 18 heavy (non-hydrogen) atoms. The maximum Gasteiger partial charge on any atom is 0.169 e. The topological polar surface area (TPSA) is 45.4 Å². The number of furan rings is 1. The average Bonchev–Trinajstić information content (AvgIpc) is 2.83. The predicted octanol–water partition coefficient (Wildman–Crippen LogP) is 3.04. The molecule has 0 saturated carbocycles. The molecule has 96 valence electrons. The van der Waals surface area contributed by atoms with Crippen LogP contribution in [0.5, 0.6) is 0 Å². The Kier molecular flexibility index (Phi) is 4.22. The summed E-state index contributed by atoms with van der Waals surface area (Å²) in [6.45, 7) is 2.57. The van der Waals surface area contributed by atoms with Crippen LogP contribution >= 0.6 is 15.9 Å². The molecule has 0 fully saturated rings. The Morgan fingerprint density at radius 2 is 1.94 bits per heavy atom. The lowest BCUT2D eigenvalue weighted by molar-refractivity contribution is 0.170. The third-order valence-electron chi connectivity index (χ3n) is 3.01. The zero-order chi connectivity index (χ0) is 13.0. The molecule has 1 aromatic carbocycles. The fraction of sp³-hybridized carbons (Fsp3) is 0.286. The highest BCUT2D eigenvalue weighted by Crippen LogP contribution is 2.21. The van der Waals surface area contributed by atoms with Crippen molar-refractivity contribution in [3.8, 4) is 0 Å². The first-order valence-corrected chi connectivity index (χ1v) is 6.59. The summed E-state index contributed by atoms with van der Waals surface area (Å²) in [4.78, 5) is 0. The van der Waals surface area contributed by atoms with E-state index in [0.717, 1.165) is 11.3 Å². The Labute approximate surface area is 115 Å². The van der Waals surface area contributed by atoms with Gasteiger partial charge in [-0.3, -0.25) is 5.32 Å². The van der Waals surface area contributed by atoms with Gasteiger partial charge in [-0.1, -0.05) is 30.3 Å². The third-order valence-corrected chi connectivity index (χ3v) is 3.43. The molecule has 2 N–H and O–H groups in total. The molecule has 1 aromatic heterocycles. The molecule has 4 heteroatoms. The van der Waals surface area contributed by atoms with Crippen LogP contribution < -0.4 is 5.32 Å². The first-order chi connectivity index (χ1) is 8.64. The van der Waals surface area contributed by atoms with Gasteiger partial charge in [0.2, 0.25) is 0 Å². The van der Waals surface area contributed by atoms with Gasteiger partial charge in [0.05, 0.1) is 18.7 Å². The van der Waals surface area contributed by atoms with Crippen LogP contribution in [0.1, 0.15) is 18.2 Å². The summed E-state index contributed by atoms with van der Waals surface area (Å²) < 4.78 is 6.14. The molecule has 0 saturated heterocycles. The van der Waals surface area contributed by atoms with Gasteiger partial charge in [-0.25, -0.2) is 0 Å². The Bertz CT molecular complexity index is 498. The Morgan fingerprint density at radius 1 is 1.22 bits per heavy atom. The minimum absolute atomic E-state index is 0.0267. The van der Waals surface area contributed by atoms with Crippen molar-refractivity contribution >= 4 is 15.9 Å². The third kappa shape index (κ3) is 3.02. The normalized spacial score (nSPS) is 14.4. The fourth-order valence-corrected chi connectivity index (χ4v) is 2.12. The molecule has 0 amide bonds. The van der Waals surface area contributed by atoms with Crippen LogP contribution in [0.2, 0.25) is 0 Å². The monoisotopic (exact) mass is 309 g/mol. The average molecular weight is 310 g/mol. The Morgan fingerprint density at radius 3 is 2.50 bits per heavy atom. The van der Waals surface area contributed by atoms with Crippen molar-refractivity contribution in [3.05, 3.63) is 58.5 Å². The van der Waals surface area contributed by atoms with Crippen LogP contribution in [0.4, 0.5) is 0 Å². The van der Waals surface area contributed by atoms with Gasteiger partial charge in [0.25, 0.3) is 0 Å². The summed E-state index contributed by atoms with van der Waals surface area (Å²) in [7, 11) is 0. The van der Waals surface area contributed by atoms with E-state index in [0.29, 0.717) is 11.2 Å². The molecule has 2 aromatic rings. The van der Waals surface area contributed by atoms with E-state index in [1.54, 1.807) is 0 Å². The zero-order valence-corrected chi connectivity index (χ0v) is 11.8. The highest BCUT2D eigenvalue weighted by atomic mass is 79.9. The van der Waals surface area contributed by atoms with Gasteiger partial charge in [0.15, 0.2) is 4.67 Å². The molecule has 0 aliphatic rings. The Hall–Kier alpha value is -1.10. The summed E-state index contributed by atoms with van der Waals surface area (Å²) in [6.07, 6.45) is 0. The van der Waals surface area contributed by atoms with Gasteiger partial charge in [-0.15, -0.1) is 0 Å². The van der Waals surface area contributed by atoms with Gasteiger partial charge >= 0.3 is 0 Å². The maximum atomic E-state index is 9.62. The number of aliphatic hydroxyl groups excluding tert-OH is 1. The van der Waals surface area contributed by atoms with E-state index >= 15 is 0 Å². The van der Waals surface area contributed by atoms with Gasteiger partial charge < -0.3 is 9.52 Å². The van der Waals surface area contributed by atoms with Crippen LogP contribution in [-0.2, 0) is 12.1 Å². The molecule has 0 radical (unpaired) electrons. The summed E-state index contributed by atoms with van der Waals surface area (Å²) in [5, 5.41) is 12.9. The highest BCUT2D eigenvalue weighted by Gasteiger charge is 2.25. The Balaban J connectivity index is 2.09. The quantitative estimate of drug-likeness (QED) is 0.892. The summed E-state index contributed by atoms with van der Waals surface area (Å²) in [5.41, 5.74) is 0.582. The number of halogens is 1. The van der Waals surface area contributed by atoms with Gasteiger partial charge in [0.1, 0.15) is 5.76 Å². The first kappa shape index (κ1) is 13.3. The second kappa shape index (κ2) is 5.69. The van der Waals surface area contributed by atoms with E-state index in [-0.39, 0.29) is 6.61 Å². The van der Waals surface area contributed by atoms with Crippen LogP contribution in [0.15, 0.2) is 51.6 Å².